The molecule has 0 aliphatic heterocycles. The highest BCUT2D eigenvalue weighted by molar-refractivity contribution is 6.14. The zero-order valence-corrected chi connectivity index (χ0v) is 13.3. The number of aromatic nitrogens is 2. The number of hydrogen-bond acceptors (Lipinski definition) is 2. The third-order valence-electron chi connectivity index (χ3n) is 4.11. The molecule has 0 unspecified atom stereocenters. The molecule has 116 valence electrons. The SMILES string of the molecule is Cc1cc(C(=O)/C=C/c2ccc3[nH]ccc3c2)c2ccccc2n1. The molecule has 2 heterocycles. The van der Waals surface area contributed by atoms with Crippen LogP contribution in [0.2, 0.25) is 0 Å². The number of fused-ring (bicyclic) bond motifs is 2. The zero-order valence-electron chi connectivity index (χ0n) is 13.3. The second kappa shape index (κ2) is 5.78. The van der Waals surface area contributed by atoms with E-state index in [0.29, 0.717) is 5.56 Å². The largest absolute Gasteiger partial charge is 0.361 e. The molecule has 0 fully saturated rings. The fourth-order valence-electron chi connectivity index (χ4n) is 2.95. The van der Waals surface area contributed by atoms with Gasteiger partial charge in [-0.05, 0) is 54.3 Å². The number of pyridine rings is 1. The fourth-order valence-corrected chi connectivity index (χ4v) is 2.95. The Hall–Kier alpha value is -3.20. The molecule has 0 radical (unpaired) electrons. The van der Waals surface area contributed by atoms with E-state index in [4.69, 9.17) is 0 Å². The molecule has 0 saturated heterocycles. The van der Waals surface area contributed by atoms with Crippen LogP contribution in [0.5, 0.6) is 0 Å². The highest BCUT2D eigenvalue weighted by Crippen LogP contribution is 2.20. The van der Waals surface area contributed by atoms with Crippen LogP contribution in [-0.2, 0) is 0 Å². The summed E-state index contributed by atoms with van der Waals surface area (Å²) in [6, 6.07) is 17.7. The molecule has 3 heteroatoms. The molecule has 4 aromatic rings. The molecule has 1 N–H and O–H groups in total. The third kappa shape index (κ3) is 2.61. The minimum absolute atomic E-state index is 0.00846. The number of carbonyl (C=O) groups is 1. The number of aryl methyl sites for hydroxylation is 1. The summed E-state index contributed by atoms with van der Waals surface area (Å²) in [6.45, 7) is 1.91. The molecule has 0 aliphatic carbocycles. The summed E-state index contributed by atoms with van der Waals surface area (Å²) in [5.74, 6) is -0.00846. The molecule has 2 aromatic carbocycles. The first kappa shape index (κ1) is 14.4. The first-order chi connectivity index (χ1) is 11.7. The van der Waals surface area contributed by atoms with Gasteiger partial charge in [0.2, 0.25) is 0 Å². The van der Waals surface area contributed by atoms with Gasteiger partial charge >= 0.3 is 0 Å². The van der Waals surface area contributed by atoms with Gasteiger partial charge < -0.3 is 4.98 Å². The van der Waals surface area contributed by atoms with E-state index < -0.39 is 0 Å². The number of nitrogens with one attached hydrogen (secondary N) is 1. The maximum Gasteiger partial charge on any atom is 0.186 e. The summed E-state index contributed by atoms with van der Waals surface area (Å²) in [7, 11) is 0. The molecule has 3 nitrogen and oxygen atoms in total. The number of rotatable bonds is 3. The van der Waals surface area contributed by atoms with Crippen LogP contribution in [0.3, 0.4) is 0 Å². The van der Waals surface area contributed by atoms with Crippen LogP contribution in [0.25, 0.3) is 27.9 Å². The summed E-state index contributed by atoms with van der Waals surface area (Å²) >= 11 is 0. The van der Waals surface area contributed by atoms with E-state index in [2.05, 4.69) is 16.0 Å². The summed E-state index contributed by atoms with van der Waals surface area (Å²) in [4.78, 5) is 20.3. The third-order valence-corrected chi connectivity index (χ3v) is 4.11. The number of para-hydroxylation sites is 1. The number of H-pyrrole nitrogens is 1. The van der Waals surface area contributed by atoms with Crippen molar-refractivity contribution < 1.29 is 4.79 Å². The van der Waals surface area contributed by atoms with Gasteiger partial charge in [0.05, 0.1) is 5.52 Å². The van der Waals surface area contributed by atoms with Crippen molar-refractivity contribution in [1.29, 1.82) is 0 Å². The Bertz CT molecular complexity index is 1090. The molecule has 24 heavy (non-hydrogen) atoms. The van der Waals surface area contributed by atoms with E-state index in [-0.39, 0.29) is 5.78 Å². The smallest absolute Gasteiger partial charge is 0.186 e. The number of benzene rings is 2. The summed E-state index contributed by atoms with van der Waals surface area (Å²) in [5.41, 5.74) is 4.49. The molecule has 0 amide bonds. The normalized spacial score (nSPS) is 11.5. The average Bonchev–Trinajstić information content (AvgIpc) is 3.06. The van der Waals surface area contributed by atoms with E-state index in [0.717, 1.165) is 33.1 Å². The molecule has 0 spiro atoms. The van der Waals surface area contributed by atoms with Gasteiger partial charge in [0.1, 0.15) is 0 Å². The minimum atomic E-state index is -0.00846. The predicted molar refractivity (Wildman–Crippen MR) is 98.1 cm³/mol. The van der Waals surface area contributed by atoms with Crippen molar-refractivity contribution in [1.82, 2.24) is 9.97 Å². The number of ketones is 1. The maximum absolute atomic E-state index is 12.7. The van der Waals surface area contributed by atoms with Gasteiger partial charge in [0, 0.05) is 28.4 Å². The number of aromatic amines is 1. The van der Waals surface area contributed by atoms with E-state index in [1.807, 2.05) is 67.7 Å². The van der Waals surface area contributed by atoms with Gasteiger partial charge in [-0.25, -0.2) is 0 Å². The first-order valence-electron chi connectivity index (χ1n) is 7.87. The van der Waals surface area contributed by atoms with E-state index in [1.165, 1.54) is 0 Å². The monoisotopic (exact) mass is 312 g/mol. The van der Waals surface area contributed by atoms with Crippen molar-refractivity contribution in [3.8, 4) is 0 Å². The van der Waals surface area contributed by atoms with Crippen LogP contribution in [-0.4, -0.2) is 15.8 Å². The molecule has 0 bridgehead atoms. The van der Waals surface area contributed by atoms with Gasteiger partial charge in [-0.2, -0.15) is 0 Å². The number of nitrogens with zero attached hydrogens (tertiary/aromatic N) is 1. The van der Waals surface area contributed by atoms with Crippen molar-refractivity contribution in [2.45, 2.75) is 6.92 Å². The van der Waals surface area contributed by atoms with Crippen LogP contribution in [0.1, 0.15) is 21.6 Å². The zero-order chi connectivity index (χ0) is 16.5. The highest BCUT2D eigenvalue weighted by Gasteiger charge is 2.09. The van der Waals surface area contributed by atoms with Crippen molar-refractivity contribution >= 4 is 33.7 Å². The topological polar surface area (TPSA) is 45.8 Å². The first-order valence-corrected chi connectivity index (χ1v) is 7.87. The Morgan fingerprint density at radius 3 is 2.88 bits per heavy atom. The van der Waals surface area contributed by atoms with Crippen LogP contribution in [0.15, 0.2) is 66.9 Å². The molecule has 0 saturated carbocycles. The van der Waals surface area contributed by atoms with Crippen LogP contribution in [0, 0.1) is 6.92 Å². The van der Waals surface area contributed by atoms with Gasteiger partial charge in [-0.3, -0.25) is 9.78 Å². The Morgan fingerprint density at radius 1 is 1.08 bits per heavy atom. The van der Waals surface area contributed by atoms with Gasteiger partial charge in [0.15, 0.2) is 5.78 Å². The average molecular weight is 312 g/mol. The summed E-state index contributed by atoms with van der Waals surface area (Å²) in [6.07, 6.45) is 5.41. The second-order valence-corrected chi connectivity index (χ2v) is 5.85. The highest BCUT2D eigenvalue weighted by atomic mass is 16.1. The predicted octanol–water partition coefficient (Wildman–Crippen LogP) is 4.92. The van der Waals surface area contributed by atoms with Gasteiger partial charge in [-0.15, -0.1) is 0 Å². The lowest BCUT2D eigenvalue weighted by atomic mass is 10.0. The lowest BCUT2D eigenvalue weighted by Gasteiger charge is -2.04. The number of hydrogen-bond donors (Lipinski definition) is 1. The maximum atomic E-state index is 12.7. The Balaban J connectivity index is 1.71. The van der Waals surface area contributed by atoms with Crippen molar-refractivity contribution in [2.24, 2.45) is 0 Å². The van der Waals surface area contributed by atoms with Gasteiger partial charge in [0.25, 0.3) is 0 Å². The number of carbonyl (C=O) groups excluding carboxylic acids is 1. The van der Waals surface area contributed by atoms with Gasteiger partial charge in [-0.1, -0.05) is 30.3 Å². The molecule has 4 rings (SSSR count). The molecule has 0 aliphatic rings. The van der Waals surface area contributed by atoms with Crippen LogP contribution >= 0.6 is 0 Å². The van der Waals surface area contributed by atoms with Crippen molar-refractivity contribution in [2.75, 3.05) is 0 Å². The standard InChI is InChI=1S/C21H16N2O/c1-14-12-18(17-4-2-3-5-20(17)23-14)21(24)9-7-15-6-8-19-16(13-15)10-11-22-19/h2-13,22H,1H3/b9-7+. The quantitative estimate of drug-likeness (QED) is 0.431. The van der Waals surface area contributed by atoms with E-state index >= 15 is 0 Å². The fraction of sp³-hybridized carbons (Fsp3) is 0.0476. The van der Waals surface area contributed by atoms with Crippen molar-refractivity contribution in [3.63, 3.8) is 0 Å². The lowest BCUT2D eigenvalue weighted by molar-refractivity contribution is 0.104. The minimum Gasteiger partial charge on any atom is -0.361 e. The molecular formula is C21H16N2O. The summed E-state index contributed by atoms with van der Waals surface area (Å²) < 4.78 is 0. The van der Waals surface area contributed by atoms with Crippen LogP contribution < -0.4 is 0 Å². The Kier molecular flexibility index (Phi) is 3.47. The molecule has 0 atom stereocenters. The summed E-state index contributed by atoms with van der Waals surface area (Å²) in [5, 5.41) is 2.02. The van der Waals surface area contributed by atoms with E-state index in [1.54, 1.807) is 6.08 Å². The van der Waals surface area contributed by atoms with Crippen molar-refractivity contribution in [3.05, 3.63) is 83.7 Å². The number of allylic oxidation sites excluding steroid dienone is 1. The lowest BCUT2D eigenvalue weighted by Crippen LogP contribution is -1.98. The second-order valence-electron chi connectivity index (χ2n) is 5.85. The Labute approximate surface area is 139 Å². The van der Waals surface area contributed by atoms with E-state index in [9.17, 15) is 4.79 Å². The Morgan fingerprint density at radius 2 is 1.96 bits per heavy atom. The molecular weight excluding hydrogens is 296 g/mol. The molecule has 2 aromatic heterocycles. The van der Waals surface area contributed by atoms with Crippen LogP contribution in [0.4, 0.5) is 0 Å².